The second-order valence-corrected chi connectivity index (χ2v) is 11.5. The van der Waals surface area contributed by atoms with Gasteiger partial charge in [-0.25, -0.2) is 4.39 Å². The molecule has 4 nitrogen and oxygen atoms in total. The zero-order chi connectivity index (χ0) is 27.0. The molecular formula is C30H47FN4. The van der Waals surface area contributed by atoms with E-state index in [2.05, 4.69) is 76.3 Å². The molecule has 0 radical (unpaired) electrons. The van der Waals surface area contributed by atoms with Gasteiger partial charge in [0.15, 0.2) is 0 Å². The van der Waals surface area contributed by atoms with Gasteiger partial charge in [0.25, 0.3) is 0 Å². The summed E-state index contributed by atoms with van der Waals surface area (Å²) in [5.41, 5.74) is 5.50. The van der Waals surface area contributed by atoms with Crippen molar-refractivity contribution in [2.45, 2.75) is 67.9 Å². The minimum Gasteiger partial charge on any atom is -0.369 e. The number of nitriles is 1. The van der Waals surface area contributed by atoms with E-state index in [1.54, 1.807) is 19.1 Å². The Labute approximate surface area is 214 Å². The summed E-state index contributed by atoms with van der Waals surface area (Å²) < 4.78 is 13.5. The summed E-state index contributed by atoms with van der Waals surface area (Å²) in [6.07, 6.45) is 1.96. The van der Waals surface area contributed by atoms with Crippen LogP contribution in [-0.2, 0) is 0 Å². The Bertz CT molecular complexity index is 938. The van der Waals surface area contributed by atoms with Crippen LogP contribution in [0.4, 0.5) is 10.1 Å². The zero-order valence-electron chi connectivity index (χ0n) is 23.6. The highest BCUT2D eigenvalue weighted by molar-refractivity contribution is 5.53. The normalized spacial score (nSPS) is 15.4. The maximum atomic E-state index is 13.5. The lowest BCUT2D eigenvalue weighted by Crippen LogP contribution is -2.57. The molecule has 2 rings (SSSR count). The van der Waals surface area contributed by atoms with Gasteiger partial charge in [0.1, 0.15) is 5.82 Å². The van der Waals surface area contributed by atoms with Crippen LogP contribution in [-0.4, -0.2) is 54.6 Å². The summed E-state index contributed by atoms with van der Waals surface area (Å²) in [4.78, 5) is 7.53. The number of benzene rings is 1. The number of aryl methyl sites for hydroxylation is 1. The fourth-order valence-corrected chi connectivity index (χ4v) is 4.37. The summed E-state index contributed by atoms with van der Waals surface area (Å²) in [6, 6.07) is 6.95. The number of nitrogens with zero attached hydrogens (tertiary/aromatic N) is 4. The van der Waals surface area contributed by atoms with Crippen molar-refractivity contribution in [1.82, 2.24) is 9.80 Å². The summed E-state index contributed by atoms with van der Waals surface area (Å²) in [5.74, 6) is -0.159. The number of hydrogen-bond donors (Lipinski definition) is 0. The van der Waals surface area contributed by atoms with E-state index in [-0.39, 0.29) is 16.8 Å². The van der Waals surface area contributed by atoms with Gasteiger partial charge in [-0.15, -0.1) is 0 Å². The van der Waals surface area contributed by atoms with E-state index < -0.39 is 0 Å². The van der Waals surface area contributed by atoms with E-state index in [1.807, 2.05) is 25.1 Å². The third-order valence-corrected chi connectivity index (χ3v) is 6.32. The molecule has 1 aliphatic heterocycles. The van der Waals surface area contributed by atoms with E-state index in [9.17, 15) is 4.39 Å². The molecule has 0 amide bonds. The second kappa shape index (κ2) is 12.9. The lowest BCUT2D eigenvalue weighted by Gasteiger charge is -2.48. The highest BCUT2D eigenvalue weighted by Crippen LogP contribution is 2.30. The number of piperazine rings is 1. The summed E-state index contributed by atoms with van der Waals surface area (Å²) in [5, 5.41) is 7.79. The maximum Gasteiger partial charge on any atom is 0.123 e. The molecule has 0 spiro atoms. The first-order valence-corrected chi connectivity index (χ1v) is 12.5. The van der Waals surface area contributed by atoms with E-state index >= 15 is 0 Å². The minimum atomic E-state index is -0.159. The van der Waals surface area contributed by atoms with E-state index in [0.29, 0.717) is 5.57 Å². The third kappa shape index (κ3) is 9.90. The van der Waals surface area contributed by atoms with Gasteiger partial charge in [0, 0.05) is 61.8 Å². The fraction of sp³-hybridized carbons (Fsp3) is 0.567. The van der Waals surface area contributed by atoms with Crippen molar-refractivity contribution in [3.05, 3.63) is 65.7 Å². The van der Waals surface area contributed by atoms with Crippen molar-refractivity contribution in [3.8, 4) is 6.07 Å². The Hall–Kier alpha value is -2.58. The zero-order valence-corrected chi connectivity index (χ0v) is 23.6. The number of allylic oxidation sites excluding steroid dienone is 4. The molecule has 0 bridgehead atoms. The van der Waals surface area contributed by atoms with Crippen molar-refractivity contribution in [1.29, 1.82) is 5.26 Å². The highest BCUT2D eigenvalue weighted by Gasteiger charge is 2.33. The first-order chi connectivity index (χ1) is 16.1. The molecule has 0 aliphatic carbocycles. The molecule has 1 aromatic carbocycles. The fourth-order valence-electron chi connectivity index (χ4n) is 4.37. The van der Waals surface area contributed by atoms with Crippen LogP contribution in [0, 0.1) is 29.5 Å². The predicted molar refractivity (Wildman–Crippen MR) is 149 cm³/mol. The van der Waals surface area contributed by atoms with Gasteiger partial charge in [-0.2, -0.15) is 5.26 Å². The number of rotatable bonds is 7. The van der Waals surface area contributed by atoms with Gasteiger partial charge in [0.05, 0.1) is 6.07 Å². The van der Waals surface area contributed by atoms with Gasteiger partial charge in [0.2, 0.25) is 0 Å². The van der Waals surface area contributed by atoms with E-state index in [1.165, 1.54) is 11.3 Å². The first kappa shape index (κ1) is 30.5. The molecule has 1 fully saturated rings. The lowest BCUT2D eigenvalue weighted by molar-refractivity contribution is 0.0728. The molecule has 0 aromatic heterocycles. The van der Waals surface area contributed by atoms with Gasteiger partial charge >= 0.3 is 0 Å². The second-order valence-electron chi connectivity index (χ2n) is 11.5. The van der Waals surface area contributed by atoms with Crippen LogP contribution in [0.2, 0.25) is 0 Å². The molecule has 0 N–H and O–H groups in total. The van der Waals surface area contributed by atoms with Gasteiger partial charge in [-0.1, -0.05) is 40.0 Å². The van der Waals surface area contributed by atoms with Crippen LogP contribution < -0.4 is 4.90 Å². The SMILES string of the molecule is C=C(C)C#N.C=C/C(C)=C(\C)N(CC(C)(C)C)C(C)(C)CN1CCN(c2ccc(F)cc2C)CC1. The van der Waals surface area contributed by atoms with Crippen LogP contribution in [0.15, 0.2) is 54.3 Å². The highest BCUT2D eigenvalue weighted by atomic mass is 19.1. The van der Waals surface area contributed by atoms with Crippen molar-refractivity contribution < 1.29 is 4.39 Å². The van der Waals surface area contributed by atoms with Crippen molar-refractivity contribution in [2.75, 3.05) is 44.2 Å². The van der Waals surface area contributed by atoms with Crippen molar-refractivity contribution in [3.63, 3.8) is 0 Å². The van der Waals surface area contributed by atoms with Gasteiger partial charge in [-0.3, -0.25) is 4.90 Å². The maximum absolute atomic E-state index is 13.5. The number of hydrogen-bond acceptors (Lipinski definition) is 4. The molecule has 1 aliphatic rings. The van der Waals surface area contributed by atoms with Crippen LogP contribution in [0.25, 0.3) is 0 Å². The smallest absolute Gasteiger partial charge is 0.123 e. The Morgan fingerprint density at radius 1 is 1.11 bits per heavy atom. The predicted octanol–water partition coefficient (Wildman–Crippen LogP) is 6.95. The summed E-state index contributed by atoms with van der Waals surface area (Å²) in [6.45, 7) is 33.0. The Balaban J connectivity index is 0.00000111. The number of anilines is 1. The quantitative estimate of drug-likeness (QED) is 0.311. The lowest BCUT2D eigenvalue weighted by atomic mass is 9.90. The van der Waals surface area contributed by atoms with Gasteiger partial charge < -0.3 is 9.80 Å². The molecule has 0 saturated carbocycles. The Morgan fingerprint density at radius 3 is 2.09 bits per heavy atom. The minimum absolute atomic E-state index is 0.00952. The molecule has 5 heteroatoms. The number of halogens is 1. The van der Waals surface area contributed by atoms with Crippen molar-refractivity contribution in [2.24, 2.45) is 5.41 Å². The standard InChI is InChI=1S/C26H42FN3.C4H5N/c1-10-20(2)22(4)30(18-25(5,6)7)26(8,9)19-28-13-15-29(16-14-28)24-12-11-23(27)17-21(24)3;1-4(2)3-5/h10-12,17H,1,13-16,18-19H2,2-9H3;1H2,2H3/b22-20+;. The monoisotopic (exact) mass is 482 g/mol. The average molecular weight is 483 g/mol. The molecule has 194 valence electrons. The van der Waals surface area contributed by atoms with Crippen LogP contribution >= 0.6 is 0 Å². The van der Waals surface area contributed by atoms with E-state index in [4.69, 9.17) is 5.26 Å². The third-order valence-electron chi connectivity index (χ3n) is 6.32. The molecule has 1 saturated heterocycles. The summed E-state index contributed by atoms with van der Waals surface area (Å²) >= 11 is 0. The molecule has 1 heterocycles. The Morgan fingerprint density at radius 2 is 1.66 bits per heavy atom. The summed E-state index contributed by atoms with van der Waals surface area (Å²) in [7, 11) is 0. The molecule has 0 atom stereocenters. The van der Waals surface area contributed by atoms with Gasteiger partial charge in [-0.05, 0) is 76.3 Å². The van der Waals surface area contributed by atoms with Crippen LogP contribution in [0.5, 0.6) is 0 Å². The average Bonchev–Trinajstić information content (AvgIpc) is 2.76. The molecule has 1 aromatic rings. The van der Waals surface area contributed by atoms with E-state index in [0.717, 1.165) is 50.5 Å². The Kier molecular flexibility index (Phi) is 11.2. The largest absolute Gasteiger partial charge is 0.369 e. The molecule has 35 heavy (non-hydrogen) atoms. The van der Waals surface area contributed by atoms with Crippen LogP contribution in [0.3, 0.4) is 0 Å². The molecule has 0 unspecified atom stereocenters. The van der Waals surface area contributed by atoms with Crippen LogP contribution in [0.1, 0.15) is 61.0 Å². The molecular weight excluding hydrogens is 435 g/mol. The topological polar surface area (TPSA) is 33.5 Å². The first-order valence-electron chi connectivity index (χ1n) is 12.5. The van der Waals surface area contributed by atoms with Crippen molar-refractivity contribution >= 4 is 5.69 Å².